The number of carbonyl (C=O) groups is 2. The van der Waals surface area contributed by atoms with Crippen LogP contribution in [0.1, 0.15) is 10.5 Å². The monoisotopic (exact) mass is 423 g/mol. The number of ether oxygens (including phenoxy) is 1. The van der Waals surface area contributed by atoms with Crippen LogP contribution in [0, 0.1) is 11.8 Å². The summed E-state index contributed by atoms with van der Waals surface area (Å²) < 4.78 is 7.08. The molecule has 11 heteroatoms. The van der Waals surface area contributed by atoms with Gasteiger partial charge >= 0.3 is 6.09 Å². The Morgan fingerprint density at radius 1 is 1.19 bits per heavy atom. The number of rotatable bonds is 5. The highest BCUT2D eigenvalue weighted by atomic mass is 16.5. The molecule has 160 valence electrons. The molecule has 3 N–H and O–H groups in total. The zero-order chi connectivity index (χ0) is 21.7. The van der Waals surface area contributed by atoms with Gasteiger partial charge in [0.1, 0.15) is 17.3 Å². The Hall–Kier alpha value is -3.89. The summed E-state index contributed by atoms with van der Waals surface area (Å²) in [5.41, 5.74) is 1.48. The van der Waals surface area contributed by atoms with E-state index in [-0.39, 0.29) is 11.7 Å². The molecule has 2 aliphatic rings. The smallest absolute Gasteiger partial charge is 0.404 e. The van der Waals surface area contributed by atoms with E-state index in [9.17, 15) is 9.59 Å². The molecule has 1 saturated heterocycles. The Morgan fingerprint density at radius 3 is 2.61 bits per heavy atom. The lowest BCUT2D eigenvalue weighted by atomic mass is 10.2. The van der Waals surface area contributed by atoms with Crippen LogP contribution in [0.15, 0.2) is 30.7 Å². The summed E-state index contributed by atoms with van der Waals surface area (Å²) in [6, 6.07) is 3.60. The van der Waals surface area contributed by atoms with E-state index in [0.717, 1.165) is 24.0 Å². The number of nitrogens with one attached hydrogen (secondary N) is 2. The average molecular weight is 423 g/mol. The summed E-state index contributed by atoms with van der Waals surface area (Å²) in [5, 5.41) is 19.4. The maximum absolute atomic E-state index is 12.7. The number of hydrogen-bond donors (Lipinski definition) is 3. The van der Waals surface area contributed by atoms with Crippen molar-refractivity contribution in [3.8, 4) is 5.75 Å². The minimum absolute atomic E-state index is 0.0268. The molecular formula is C20H21N7O4. The number of carbonyl (C=O) groups excluding carboxylic acids is 1. The molecule has 1 aliphatic carbocycles. The number of carboxylic acid groups (broad SMARTS) is 1. The first-order valence-electron chi connectivity index (χ1n) is 9.82. The highest BCUT2D eigenvalue weighted by Gasteiger charge is 2.56. The molecular weight excluding hydrogens is 402 g/mol. The predicted molar refractivity (Wildman–Crippen MR) is 111 cm³/mol. The van der Waals surface area contributed by atoms with Crippen LogP contribution >= 0.6 is 0 Å². The third kappa shape index (κ3) is 3.47. The molecule has 2 amide bonds. The van der Waals surface area contributed by atoms with E-state index in [1.807, 2.05) is 13.2 Å². The molecule has 2 unspecified atom stereocenters. The van der Waals surface area contributed by atoms with Gasteiger partial charge in [0.2, 0.25) is 0 Å². The van der Waals surface area contributed by atoms with E-state index < -0.39 is 12.0 Å². The number of fused-ring (bicyclic) bond motifs is 2. The molecule has 0 bridgehead atoms. The Balaban J connectivity index is 1.26. The van der Waals surface area contributed by atoms with E-state index in [2.05, 4.69) is 30.6 Å². The third-order valence-corrected chi connectivity index (χ3v) is 5.87. The minimum Gasteiger partial charge on any atom is -0.494 e. The number of methoxy groups -OCH3 is 1. The molecule has 3 aromatic rings. The number of aromatic nitrogens is 4. The zero-order valence-corrected chi connectivity index (χ0v) is 16.9. The van der Waals surface area contributed by atoms with Crippen molar-refractivity contribution >= 4 is 34.4 Å². The summed E-state index contributed by atoms with van der Waals surface area (Å²) in [7, 11) is 3.36. The van der Waals surface area contributed by atoms with Gasteiger partial charge in [-0.25, -0.2) is 14.8 Å². The van der Waals surface area contributed by atoms with Crippen LogP contribution in [-0.2, 0) is 7.05 Å². The largest absolute Gasteiger partial charge is 0.494 e. The van der Waals surface area contributed by atoms with Crippen LogP contribution in [0.2, 0.25) is 0 Å². The fourth-order valence-corrected chi connectivity index (χ4v) is 4.30. The third-order valence-electron chi connectivity index (χ3n) is 5.87. The highest BCUT2D eigenvalue weighted by Crippen LogP contribution is 2.46. The van der Waals surface area contributed by atoms with Gasteiger partial charge in [-0.3, -0.25) is 9.48 Å². The maximum atomic E-state index is 12.7. The Morgan fingerprint density at radius 2 is 1.97 bits per heavy atom. The summed E-state index contributed by atoms with van der Waals surface area (Å²) >= 11 is 0. The van der Waals surface area contributed by atoms with Crippen LogP contribution in [0.3, 0.4) is 0 Å². The fourth-order valence-electron chi connectivity index (χ4n) is 4.30. The number of anilines is 2. The fraction of sp³-hybridized carbons (Fsp3) is 0.350. The average Bonchev–Trinajstić information content (AvgIpc) is 3.07. The summed E-state index contributed by atoms with van der Waals surface area (Å²) in [4.78, 5) is 34.2. The quantitative estimate of drug-likeness (QED) is 0.559. The van der Waals surface area contributed by atoms with E-state index >= 15 is 0 Å². The normalized spacial score (nSPS) is 21.6. The molecule has 1 aromatic carbocycles. The lowest BCUT2D eigenvalue weighted by Crippen LogP contribution is -2.34. The molecule has 11 nitrogen and oxygen atoms in total. The van der Waals surface area contributed by atoms with Crippen molar-refractivity contribution in [3.05, 3.63) is 36.4 Å². The second-order valence-corrected chi connectivity index (χ2v) is 7.84. The van der Waals surface area contributed by atoms with E-state index in [1.54, 1.807) is 23.0 Å². The van der Waals surface area contributed by atoms with Crippen LogP contribution in [0.25, 0.3) is 10.9 Å². The number of aryl methyl sites for hydroxylation is 1. The Kier molecular flexibility index (Phi) is 4.38. The lowest BCUT2D eigenvalue weighted by molar-refractivity contribution is 0.102. The molecule has 0 spiro atoms. The molecule has 2 atom stereocenters. The van der Waals surface area contributed by atoms with Gasteiger partial charge in [-0.15, -0.1) is 0 Å². The predicted octanol–water partition coefficient (Wildman–Crippen LogP) is 1.33. The number of hydrogen-bond acceptors (Lipinski definition) is 7. The molecule has 3 heterocycles. The molecule has 1 aliphatic heterocycles. The molecule has 0 radical (unpaired) electrons. The van der Waals surface area contributed by atoms with Gasteiger partial charge in [-0.2, -0.15) is 5.10 Å². The van der Waals surface area contributed by atoms with E-state index in [0.29, 0.717) is 29.1 Å². The molecule has 2 fully saturated rings. The standard InChI is InChI=1S/C20H21N7O4/c1-26-7-10-3-14(16(31-2)4-13(10)25-26)23-19(28)15-5-22-17(6-21-15)27-8-11-12(9-27)18(11)24-20(29)30/h3-7,11-12,18,24H,8-9H2,1-2H3,(H,23,28)(H,29,30). The molecule has 5 rings (SSSR count). The summed E-state index contributed by atoms with van der Waals surface area (Å²) in [5.74, 6) is 1.39. The van der Waals surface area contributed by atoms with Crippen molar-refractivity contribution in [2.45, 2.75) is 6.04 Å². The Labute approximate surface area is 177 Å². The van der Waals surface area contributed by atoms with Crippen molar-refractivity contribution in [2.75, 3.05) is 30.4 Å². The second kappa shape index (κ2) is 7.11. The first kappa shape index (κ1) is 19.1. The van der Waals surface area contributed by atoms with Gasteiger partial charge in [-0.05, 0) is 6.07 Å². The van der Waals surface area contributed by atoms with Crippen LogP contribution in [0.4, 0.5) is 16.3 Å². The lowest BCUT2D eigenvalue weighted by Gasteiger charge is -2.20. The van der Waals surface area contributed by atoms with E-state index in [4.69, 9.17) is 9.84 Å². The van der Waals surface area contributed by atoms with Crippen LogP contribution in [0.5, 0.6) is 5.75 Å². The number of benzene rings is 1. The first-order chi connectivity index (χ1) is 14.9. The number of piperidine rings is 1. The van der Waals surface area contributed by atoms with Crippen molar-refractivity contribution in [2.24, 2.45) is 18.9 Å². The summed E-state index contributed by atoms with van der Waals surface area (Å²) in [6.45, 7) is 1.44. The van der Waals surface area contributed by atoms with Gasteiger partial charge in [0.15, 0.2) is 0 Å². The molecule has 31 heavy (non-hydrogen) atoms. The highest BCUT2D eigenvalue weighted by molar-refractivity contribution is 6.04. The zero-order valence-electron chi connectivity index (χ0n) is 16.9. The van der Waals surface area contributed by atoms with Crippen molar-refractivity contribution < 1.29 is 19.4 Å². The summed E-state index contributed by atoms with van der Waals surface area (Å²) in [6.07, 6.45) is 3.88. The SMILES string of the molecule is COc1cc2nn(C)cc2cc1NC(=O)c1cnc(N2CC3C(C2)C3NC(=O)O)cn1. The van der Waals surface area contributed by atoms with Gasteiger partial charge in [0.05, 0.1) is 30.7 Å². The van der Waals surface area contributed by atoms with Crippen molar-refractivity contribution in [1.82, 2.24) is 25.1 Å². The van der Waals surface area contributed by atoms with Crippen LogP contribution in [-0.4, -0.2) is 63.1 Å². The van der Waals surface area contributed by atoms with Gasteiger partial charge < -0.3 is 25.4 Å². The van der Waals surface area contributed by atoms with Crippen molar-refractivity contribution in [1.29, 1.82) is 0 Å². The molecule has 1 saturated carbocycles. The van der Waals surface area contributed by atoms with Gasteiger partial charge in [0, 0.05) is 55.7 Å². The Bertz CT molecular complexity index is 1160. The van der Waals surface area contributed by atoms with Crippen molar-refractivity contribution in [3.63, 3.8) is 0 Å². The van der Waals surface area contributed by atoms with Gasteiger partial charge in [-0.1, -0.05) is 0 Å². The minimum atomic E-state index is -0.986. The number of amides is 2. The maximum Gasteiger partial charge on any atom is 0.404 e. The first-order valence-corrected chi connectivity index (χ1v) is 9.82. The van der Waals surface area contributed by atoms with Crippen LogP contribution < -0.4 is 20.3 Å². The second-order valence-electron chi connectivity index (χ2n) is 7.84. The number of nitrogens with zero attached hydrogens (tertiary/aromatic N) is 5. The topological polar surface area (TPSA) is 134 Å². The molecule has 2 aromatic heterocycles. The van der Waals surface area contributed by atoms with E-state index in [1.165, 1.54) is 13.3 Å². The van der Waals surface area contributed by atoms with Gasteiger partial charge in [0.25, 0.3) is 5.91 Å².